The molecule has 0 bridgehead atoms. The molecule has 5 nitrogen and oxygen atoms in total. The Balaban J connectivity index is 1.72. The highest BCUT2D eigenvalue weighted by atomic mass is 16.6. The summed E-state index contributed by atoms with van der Waals surface area (Å²) in [5.74, 6) is 0.623. The Labute approximate surface area is 148 Å². The van der Waals surface area contributed by atoms with E-state index >= 15 is 0 Å². The number of pyridine rings is 1. The van der Waals surface area contributed by atoms with Crippen LogP contribution in [0.15, 0.2) is 42.6 Å². The Morgan fingerprint density at radius 2 is 2.08 bits per heavy atom. The Kier molecular flexibility index (Phi) is 5.53. The molecule has 1 fully saturated rings. The molecule has 1 aliphatic rings. The van der Waals surface area contributed by atoms with Crippen molar-refractivity contribution in [3.8, 4) is 5.88 Å². The summed E-state index contributed by atoms with van der Waals surface area (Å²) in [7, 11) is 1.61. The molecule has 0 saturated carbocycles. The number of amides is 1. The third-order valence-corrected chi connectivity index (χ3v) is 4.57. The van der Waals surface area contributed by atoms with Crippen molar-refractivity contribution >= 4 is 6.09 Å². The second-order valence-corrected chi connectivity index (χ2v) is 6.34. The second kappa shape index (κ2) is 8.01. The molecule has 1 aliphatic heterocycles. The number of ether oxygens (including phenoxy) is 2. The van der Waals surface area contributed by atoms with Crippen molar-refractivity contribution in [1.29, 1.82) is 0 Å². The van der Waals surface area contributed by atoms with Crippen LogP contribution in [-0.2, 0) is 11.3 Å². The molecule has 0 spiro atoms. The predicted octanol–water partition coefficient (Wildman–Crippen LogP) is 4.26. The van der Waals surface area contributed by atoms with Gasteiger partial charge in [-0.25, -0.2) is 9.78 Å². The van der Waals surface area contributed by atoms with Gasteiger partial charge in [-0.05, 0) is 43.4 Å². The van der Waals surface area contributed by atoms with E-state index in [0.717, 1.165) is 36.0 Å². The van der Waals surface area contributed by atoms with Gasteiger partial charge in [-0.2, -0.15) is 0 Å². The largest absolute Gasteiger partial charge is 0.481 e. The smallest absolute Gasteiger partial charge is 0.410 e. The van der Waals surface area contributed by atoms with Crippen LogP contribution in [0.5, 0.6) is 5.88 Å². The lowest BCUT2D eigenvalue weighted by Crippen LogP contribution is -2.38. The number of benzene rings is 1. The summed E-state index contributed by atoms with van der Waals surface area (Å²) in [5.41, 5.74) is 3.00. The van der Waals surface area contributed by atoms with Crippen LogP contribution in [0.2, 0.25) is 0 Å². The van der Waals surface area contributed by atoms with Gasteiger partial charge >= 0.3 is 6.09 Å². The van der Waals surface area contributed by atoms with Gasteiger partial charge in [0.1, 0.15) is 6.61 Å². The molecule has 1 atom stereocenters. The molecule has 132 valence electrons. The van der Waals surface area contributed by atoms with Crippen LogP contribution in [0.25, 0.3) is 0 Å². The normalized spacial score (nSPS) is 17.2. The monoisotopic (exact) mass is 340 g/mol. The van der Waals surface area contributed by atoms with Crippen molar-refractivity contribution in [2.24, 2.45) is 0 Å². The average molecular weight is 340 g/mol. The number of hydrogen-bond donors (Lipinski definition) is 0. The van der Waals surface area contributed by atoms with Crippen LogP contribution in [0.1, 0.15) is 42.0 Å². The number of nitrogens with zero attached hydrogens (tertiary/aromatic N) is 2. The van der Waals surface area contributed by atoms with Crippen LogP contribution in [0.4, 0.5) is 4.79 Å². The van der Waals surface area contributed by atoms with Gasteiger partial charge < -0.3 is 14.4 Å². The Morgan fingerprint density at radius 1 is 1.28 bits per heavy atom. The number of carbonyl (C=O) groups is 1. The van der Waals surface area contributed by atoms with Gasteiger partial charge in [0, 0.05) is 18.3 Å². The van der Waals surface area contributed by atoms with E-state index in [4.69, 9.17) is 9.47 Å². The van der Waals surface area contributed by atoms with Gasteiger partial charge in [0.2, 0.25) is 5.88 Å². The van der Waals surface area contributed by atoms with E-state index in [2.05, 4.69) is 11.1 Å². The van der Waals surface area contributed by atoms with Crippen LogP contribution in [0.3, 0.4) is 0 Å². The highest BCUT2D eigenvalue weighted by molar-refractivity contribution is 5.68. The van der Waals surface area contributed by atoms with Crippen molar-refractivity contribution in [3.63, 3.8) is 0 Å². The molecular weight excluding hydrogens is 316 g/mol. The Morgan fingerprint density at radius 3 is 2.80 bits per heavy atom. The molecule has 1 saturated heterocycles. The highest BCUT2D eigenvalue weighted by Gasteiger charge is 2.29. The average Bonchev–Trinajstić information content (AvgIpc) is 2.67. The first kappa shape index (κ1) is 17.3. The summed E-state index contributed by atoms with van der Waals surface area (Å²) in [4.78, 5) is 18.8. The fourth-order valence-electron chi connectivity index (χ4n) is 3.28. The summed E-state index contributed by atoms with van der Waals surface area (Å²) < 4.78 is 10.8. The number of rotatable bonds is 4. The minimum absolute atomic E-state index is 0.00845. The van der Waals surface area contributed by atoms with Gasteiger partial charge in [-0.1, -0.05) is 30.3 Å². The predicted molar refractivity (Wildman–Crippen MR) is 95.5 cm³/mol. The zero-order chi connectivity index (χ0) is 17.6. The molecule has 5 heteroatoms. The zero-order valence-corrected chi connectivity index (χ0v) is 14.8. The molecule has 2 heterocycles. The quantitative estimate of drug-likeness (QED) is 0.834. The number of hydrogen-bond acceptors (Lipinski definition) is 4. The molecular formula is C20H24N2O3. The number of carbonyl (C=O) groups excluding carboxylic acids is 1. The highest BCUT2D eigenvalue weighted by Crippen LogP contribution is 2.32. The van der Waals surface area contributed by atoms with Crippen molar-refractivity contribution < 1.29 is 14.3 Å². The lowest BCUT2D eigenvalue weighted by molar-refractivity contribution is 0.0678. The third kappa shape index (κ3) is 4.10. The molecule has 0 N–H and O–H groups in total. The first-order chi connectivity index (χ1) is 12.2. The molecule has 1 amide bonds. The third-order valence-electron chi connectivity index (χ3n) is 4.57. The maximum Gasteiger partial charge on any atom is 0.410 e. The molecule has 0 aliphatic carbocycles. The van der Waals surface area contributed by atoms with E-state index in [1.165, 1.54) is 0 Å². The topological polar surface area (TPSA) is 51.7 Å². The summed E-state index contributed by atoms with van der Waals surface area (Å²) in [6, 6.07) is 11.8. The van der Waals surface area contributed by atoms with E-state index in [1.54, 1.807) is 13.3 Å². The van der Waals surface area contributed by atoms with E-state index in [1.807, 2.05) is 42.2 Å². The van der Waals surface area contributed by atoms with Gasteiger partial charge in [-0.3, -0.25) is 0 Å². The molecule has 25 heavy (non-hydrogen) atoms. The number of piperidine rings is 1. The molecule has 2 aromatic rings. The molecule has 0 unspecified atom stereocenters. The molecule has 3 rings (SSSR count). The summed E-state index contributed by atoms with van der Waals surface area (Å²) in [6.07, 6.45) is 4.56. The number of aromatic nitrogens is 1. The SMILES string of the molecule is COc1ncc([C@@H]2CCCCN2C(=O)OCc2ccccc2)cc1C. The van der Waals surface area contributed by atoms with Gasteiger partial charge in [0.15, 0.2) is 0 Å². The number of methoxy groups -OCH3 is 1. The number of likely N-dealkylation sites (tertiary alicyclic amines) is 1. The van der Waals surface area contributed by atoms with Crippen LogP contribution in [-0.4, -0.2) is 29.6 Å². The number of aryl methyl sites for hydroxylation is 1. The maximum absolute atomic E-state index is 12.6. The fourth-order valence-corrected chi connectivity index (χ4v) is 3.28. The van der Waals surface area contributed by atoms with Gasteiger partial charge in [0.05, 0.1) is 13.2 Å². The van der Waals surface area contributed by atoms with Crippen molar-refractivity contribution in [3.05, 3.63) is 59.3 Å². The lowest BCUT2D eigenvalue weighted by Gasteiger charge is -2.35. The van der Waals surface area contributed by atoms with Crippen molar-refractivity contribution in [2.45, 2.75) is 38.8 Å². The van der Waals surface area contributed by atoms with Gasteiger partial charge in [-0.15, -0.1) is 0 Å². The van der Waals surface area contributed by atoms with Crippen LogP contribution in [0, 0.1) is 6.92 Å². The second-order valence-electron chi connectivity index (χ2n) is 6.34. The van der Waals surface area contributed by atoms with Crippen LogP contribution >= 0.6 is 0 Å². The summed E-state index contributed by atoms with van der Waals surface area (Å²) in [5, 5.41) is 0. The van der Waals surface area contributed by atoms with E-state index < -0.39 is 0 Å². The summed E-state index contributed by atoms with van der Waals surface area (Å²) >= 11 is 0. The molecule has 1 aromatic heterocycles. The van der Waals surface area contributed by atoms with E-state index in [0.29, 0.717) is 19.0 Å². The molecule has 1 aromatic carbocycles. The van der Waals surface area contributed by atoms with E-state index in [-0.39, 0.29) is 12.1 Å². The maximum atomic E-state index is 12.6. The first-order valence-electron chi connectivity index (χ1n) is 8.67. The Hall–Kier alpha value is -2.56. The standard InChI is InChI=1S/C20H24N2O3/c1-15-12-17(13-21-19(15)24-2)18-10-6-7-11-22(18)20(23)25-14-16-8-4-3-5-9-16/h3-5,8-9,12-13,18H,6-7,10-11,14H2,1-2H3/t18-/m0/s1. The van der Waals surface area contributed by atoms with Crippen molar-refractivity contribution in [1.82, 2.24) is 9.88 Å². The van der Waals surface area contributed by atoms with Crippen LogP contribution < -0.4 is 4.74 Å². The molecule has 0 radical (unpaired) electrons. The van der Waals surface area contributed by atoms with Crippen molar-refractivity contribution in [2.75, 3.05) is 13.7 Å². The minimum atomic E-state index is -0.262. The first-order valence-corrected chi connectivity index (χ1v) is 8.67. The summed E-state index contributed by atoms with van der Waals surface area (Å²) in [6.45, 7) is 2.97. The van der Waals surface area contributed by atoms with Gasteiger partial charge in [0.25, 0.3) is 0 Å². The lowest BCUT2D eigenvalue weighted by atomic mass is 9.96. The Bertz CT molecular complexity index is 718. The minimum Gasteiger partial charge on any atom is -0.481 e. The van der Waals surface area contributed by atoms with E-state index in [9.17, 15) is 4.79 Å². The fraction of sp³-hybridized carbons (Fsp3) is 0.400. The zero-order valence-electron chi connectivity index (χ0n) is 14.8.